The van der Waals surface area contributed by atoms with E-state index in [1.165, 1.54) is 0 Å². The van der Waals surface area contributed by atoms with Crippen LogP contribution in [0.15, 0.2) is 60.7 Å². The van der Waals surface area contributed by atoms with Gasteiger partial charge in [-0.2, -0.15) is 0 Å². The van der Waals surface area contributed by atoms with Gasteiger partial charge in [0, 0.05) is 5.56 Å². The maximum atomic E-state index is 13.9. The zero-order valence-corrected chi connectivity index (χ0v) is 15.9. The largest absolute Gasteiger partial charge is 0.440 e. The quantitative estimate of drug-likeness (QED) is 0.513. The van der Waals surface area contributed by atoms with E-state index in [2.05, 4.69) is 0 Å². The lowest BCUT2D eigenvalue weighted by Crippen LogP contribution is -2.33. The van der Waals surface area contributed by atoms with Gasteiger partial charge in [-0.05, 0) is 19.4 Å². The zero-order valence-electron chi connectivity index (χ0n) is 15.0. The number of carbonyl (C=O) groups excluding carboxylic acids is 1. The zero-order chi connectivity index (χ0) is 18.6. The third-order valence-electron chi connectivity index (χ3n) is 4.51. The lowest BCUT2D eigenvalue weighted by Gasteiger charge is -2.38. The summed E-state index contributed by atoms with van der Waals surface area (Å²) in [5.74, 6) is -0.884. The van der Waals surface area contributed by atoms with Crippen molar-refractivity contribution < 1.29 is 23.1 Å². The Balaban J connectivity index is 2.26. The molecular formula is C20H23O5P. The monoisotopic (exact) mass is 374 g/mol. The molecule has 0 amide bonds. The van der Waals surface area contributed by atoms with Gasteiger partial charge in [-0.1, -0.05) is 60.7 Å². The van der Waals surface area contributed by atoms with Crippen molar-refractivity contribution in [3.63, 3.8) is 0 Å². The van der Waals surface area contributed by atoms with Gasteiger partial charge < -0.3 is 13.8 Å². The second-order valence-corrected chi connectivity index (χ2v) is 8.21. The molecule has 1 fully saturated rings. The molecule has 2 aromatic rings. The molecule has 0 spiro atoms. The highest BCUT2D eigenvalue weighted by Crippen LogP contribution is 2.73. The second-order valence-electron chi connectivity index (χ2n) is 6.04. The second kappa shape index (κ2) is 7.75. The fourth-order valence-electron chi connectivity index (χ4n) is 3.53. The molecule has 138 valence electrons. The average molecular weight is 374 g/mol. The number of rotatable bonds is 7. The van der Waals surface area contributed by atoms with Crippen molar-refractivity contribution in [2.45, 2.75) is 31.5 Å². The SMILES string of the molecule is CCOP(=O)(OCC)C1(c2ccccc2)OC(=O)CC1c1ccccc1. The Hall–Kier alpha value is -1.94. The number of hydrogen-bond acceptors (Lipinski definition) is 5. The molecule has 1 saturated heterocycles. The Morgan fingerprint density at radius 1 is 1.00 bits per heavy atom. The summed E-state index contributed by atoms with van der Waals surface area (Å²) in [6, 6.07) is 18.6. The summed E-state index contributed by atoms with van der Waals surface area (Å²) in [5.41, 5.74) is 1.48. The highest BCUT2D eigenvalue weighted by molar-refractivity contribution is 7.55. The number of carbonyl (C=O) groups is 1. The molecule has 0 aromatic heterocycles. The van der Waals surface area contributed by atoms with E-state index in [9.17, 15) is 9.36 Å². The van der Waals surface area contributed by atoms with Crippen LogP contribution in [0.5, 0.6) is 0 Å². The molecule has 26 heavy (non-hydrogen) atoms. The Bertz CT molecular complexity index is 782. The van der Waals surface area contributed by atoms with Crippen LogP contribution in [0.4, 0.5) is 0 Å². The van der Waals surface area contributed by atoms with Gasteiger partial charge in [0.1, 0.15) is 0 Å². The van der Waals surface area contributed by atoms with Crippen molar-refractivity contribution in [3.05, 3.63) is 71.8 Å². The van der Waals surface area contributed by atoms with Gasteiger partial charge in [-0.15, -0.1) is 0 Å². The van der Waals surface area contributed by atoms with Crippen LogP contribution in [0, 0.1) is 0 Å². The lowest BCUT2D eigenvalue weighted by atomic mass is 9.88. The van der Waals surface area contributed by atoms with Crippen molar-refractivity contribution in [1.82, 2.24) is 0 Å². The minimum atomic E-state index is -3.82. The van der Waals surface area contributed by atoms with Crippen LogP contribution in [0.3, 0.4) is 0 Å². The highest BCUT2D eigenvalue weighted by Gasteiger charge is 2.65. The maximum Gasteiger partial charge on any atom is 0.379 e. The molecule has 1 aliphatic heterocycles. The van der Waals surface area contributed by atoms with E-state index in [-0.39, 0.29) is 19.6 Å². The first kappa shape index (κ1) is 18.8. The first-order valence-electron chi connectivity index (χ1n) is 8.79. The number of esters is 1. The number of hydrogen-bond donors (Lipinski definition) is 0. The van der Waals surface area contributed by atoms with Crippen molar-refractivity contribution in [2.24, 2.45) is 0 Å². The summed E-state index contributed by atoms with van der Waals surface area (Å²) in [6.45, 7) is 3.87. The molecule has 0 N–H and O–H groups in total. The fraction of sp³-hybridized carbons (Fsp3) is 0.350. The van der Waals surface area contributed by atoms with E-state index in [0.717, 1.165) is 5.56 Å². The number of benzene rings is 2. The van der Waals surface area contributed by atoms with Gasteiger partial charge in [0.25, 0.3) is 0 Å². The average Bonchev–Trinajstić information content (AvgIpc) is 3.03. The maximum absolute atomic E-state index is 13.9. The van der Waals surface area contributed by atoms with Crippen LogP contribution < -0.4 is 0 Å². The number of ether oxygens (including phenoxy) is 1. The normalized spacial score (nSPS) is 23.0. The summed E-state index contributed by atoms with van der Waals surface area (Å²) in [6.07, 6.45) is 0.114. The minimum Gasteiger partial charge on any atom is -0.440 e. The van der Waals surface area contributed by atoms with Crippen molar-refractivity contribution >= 4 is 13.6 Å². The summed E-state index contributed by atoms with van der Waals surface area (Å²) >= 11 is 0. The molecule has 1 aliphatic rings. The Kier molecular flexibility index (Phi) is 5.61. The van der Waals surface area contributed by atoms with Crippen molar-refractivity contribution in [3.8, 4) is 0 Å². The molecule has 0 aliphatic carbocycles. The van der Waals surface area contributed by atoms with Gasteiger partial charge in [-0.25, -0.2) is 0 Å². The predicted octanol–water partition coefficient (Wildman–Crippen LogP) is 4.84. The van der Waals surface area contributed by atoms with Crippen LogP contribution in [-0.2, 0) is 28.5 Å². The predicted molar refractivity (Wildman–Crippen MR) is 98.9 cm³/mol. The summed E-state index contributed by atoms with van der Waals surface area (Å²) in [4.78, 5) is 12.4. The molecule has 5 nitrogen and oxygen atoms in total. The topological polar surface area (TPSA) is 61.8 Å². The molecule has 0 bridgehead atoms. The highest BCUT2D eigenvalue weighted by atomic mass is 31.2. The molecule has 2 aromatic carbocycles. The first-order chi connectivity index (χ1) is 12.6. The lowest BCUT2D eigenvalue weighted by molar-refractivity contribution is -0.145. The molecule has 6 heteroatoms. The smallest absolute Gasteiger partial charge is 0.379 e. The van der Waals surface area contributed by atoms with Crippen LogP contribution >= 0.6 is 7.60 Å². The molecule has 1 heterocycles. The third-order valence-corrected chi connectivity index (χ3v) is 7.18. The van der Waals surface area contributed by atoms with E-state index >= 15 is 0 Å². The Labute approximate surface area is 153 Å². The molecule has 2 atom stereocenters. The van der Waals surface area contributed by atoms with Crippen molar-refractivity contribution in [1.29, 1.82) is 0 Å². The molecular weight excluding hydrogens is 351 g/mol. The summed E-state index contributed by atoms with van der Waals surface area (Å²) in [5, 5.41) is -1.50. The Morgan fingerprint density at radius 3 is 2.08 bits per heavy atom. The van der Waals surface area contributed by atoms with E-state index in [1.807, 2.05) is 48.5 Å². The van der Waals surface area contributed by atoms with E-state index in [1.54, 1.807) is 26.0 Å². The van der Waals surface area contributed by atoms with Gasteiger partial charge in [0.2, 0.25) is 5.34 Å². The van der Waals surface area contributed by atoms with Crippen LogP contribution in [-0.4, -0.2) is 19.2 Å². The molecule has 3 rings (SSSR count). The van der Waals surface area contributed by atoms with E-state index in [4.69, 9.17) is 13.8 Å². The van der Waals surface area contributed by atoms with Crippen LogP contribution in [0.2, 0.25) is 0 Å². The molecule has 0 radical (unpaired) electrons. The fourth-order valence-corrected chi connectivity index (χ4v) is 5.97. The standard InChI is InChI=1S/C20H23O5P/c1-3-23-26(22,24-4-2)20(17-13-9-6-10-14-17)18(15-19(21)25-20)16-11-7-5-8-12-16/h5-14,18H,3-4,15H2,1-2H3. The van der Waals surface area contributed by atoms with Crippen LogP contribution in [0.1, 0.15) is 37.3 Å². The van der Waals surface area contributed by atoms with Gasteiger partial charge in [0.15, 0.2) is 0 Å². The van der Waals surface area contributed by atoms with Crippen molar-refractivity contribution in [2.75, 3.05) is 13.2 Å². The molecule has 2 unspecified atom stereocenters. The van der Waals surface area contributed by atoms with Gasteiger partial charge in [0.05, 0.1) is 25.6 Å². The van der Waals surface area contributed by atoms with Gasteiger partial charge in [-0.3, -0.25) is 9.36 Å². The summed E-state index contributed by atoms with van der Waals surface area (Å²) in [7, 11) is -3.82. The van der Waals surface area contributed by atoms with Crippen LogP contribution in [0.25, 0.3) is 0 Å². The van der Waals surface area contributed by atoms with E-state index < -0.39 is 24.8 Å². The molecule has 0 saturated carbocycles. The minimum absolute atomic E-state index is 0.114. The van der Waals surface area contributed by atoms with E-state index in [0.29, 0.717) is 5.56 Å². The third kappa shape index (κ3) is 3.11. The Morgan fingerprint density at radius 2 is 1.54 bits per heavy atom. The summed E-state index contributed by atoms with van der Waals surface area (Å²) < 4.78 is 31.1. The van der Waals surface area contributed by atoms with Gasteiger partial charge >= 0.3 is 13.6 Å². The first-order valence-corrected chi connectivity index (χ1v) is 10.3. The number of cyclic esters (lactones) is 1.